The van der Waals surface area contributed by atoms with Gasteiger partial charge in [-0.15, -0.1) is 11.8 Å². The lowest BCUT2D eigenvalue weighted by atomic mass is 9.91. The molecule has 2 aliphatic rings. The number of piperidine rings is 1. The molecule has 2 aliphatic heterocycles. The maximum atomic E-state index is 5.70. The Morgan fingerprint density at radius 2 is 2.00 bits per heavy atom. The summed E-state index contributed by atoms with van der Waals surface area (Å²) in [5.41, 5.74) is 1.42. The fourth-order valence-electron chi connectivity index (χ4n) is 2.70. The quantitative estimate of drug-likeness (QED) is 0.833. The average molecular weight is 265 g/mol. The number of nitrogens with one attached hydrogen (secondary N) is 1. The Morgan fingerprint density at radius 3 is 2.67 bits per heavy atom. The molecule has 3 nitrogen and oxygen atoms in total. The molecule has 1 N–H and O–H groups in total. The molecule has 0 saturated carbocycles. The zero-order valence-corrected chi connectivity index (χ0v) is 11.5. The lowest BCUT2D eigenvalue weighted by Crippen LogP contribution is -2.28. The van der Waals surface area contributed by atoms with Crippen LogP contribution in [0.4, 0.5) is 0 Å². The standard InChI is InChI=1S/C14H19NO2S/c1-18-14-8-13-12(16-5-6-17-13)7-11(14)10-3-2-4-15-9-10/h7-8,10,15H,2-6,9H2,1H3. The Balaban J connectivity index is 1.95. The van der Waals surface area contributed by atoms with Gasteiger partial charge in [0.25, 0.3) is 0 Å². The summed E-state index contributed by atoms with van der Waals surface area (Å²) in [5, 5.41) is 3.48. The molecule has 0 aromatic heterocycles. The van der Waals surface area contributed by atoms with Crippen LogP contribution in [0, 0.1) is 0 Å². The Hall–Kier alpha value is -0.870. The van der Waals surface area contributed by atoms with E-state index in [0.717, 1.165) is 24.6 Å². The molecule has 1 unspecified atom stereocenters. The van der Waals surface area contributed by atoms with Gasteiger partial charge in [0.15, 0.2) is 11.5 Å². The van der Waals surface area contributed by atoms with Crippen molar-refractivity contribution in [1.29, 1.82) is 0 Å². The summed E-state index contributed by atoms with van der Waals surface area (Å²) in [4.78, 5) is 1.33. The highest BCUT2D eigenvalue weighted by Crippen LogP contribution is 2.40. The van der Waals surface area contributed by atoms with Crippen LogP contribution in [-0.2, 0) is 0 Å². The SMILES string of the molecule is CSc1cc2c(cc1C1CCCNC1)OCCO2. The normalized spacial score (nSPS) is 22.8. The zero-order valence-electron chi connectivity index (χ0n) is 10.7. The number of hydrogen-bond donors (Lipinski definition) is 1. The van der Waals surface area contributed by atoms with E-state index in [1.165, 1.54) is 23.3 Å². The van der Waals surface area contributed by atoms with Crippen molar-refractivity contribution >= 4 is 11.8 Å². The predicted molar refractivity (Wildman–Crippen MR) is 74.1 cm³/mol. The van der Waals surface area contributed by atoms with E-state index in [9.17, 15) is 0 Å². The largest absolute Gasteiger partial charge is 0.486 e. The van der Waals surface area contributed by atoms with Crippen LogP contribution in [0.1, 0.15) is 24.3 Å². The summed E-state index contributed by atoms with van der Waals surface area (Å²) in [7, 11) is 0. The highest BCUT2D eigenvalue weighted by Gasteiger charge is 2.22. The molecule has 1 atom stereocenters. The molecule has 98 valence electrons. The summed E-state index contributed by atoms with van der Waals surface area (Å²) >= 11 is 1.80. The second kappa shape index (κ2) is 5.41. The number of thioether (sulfide) groups is 1. The van der Waals surface area contributed by atoms with Gasteiger partial charge in [0.05, 0.1) is 0 Å². The number of hydrogen-bond acceptors (Lipinski definition) is 4. The van der Waals surface area contributed by atoms with Crippen LogP contribution >= 0.6 is 11.8 Å². The molecule has 0 bridgehead atoms. The smallest absolute Gasteiger partial charge is 0.162 e. The van der Waals surface area contributed by atoms with E-state index in [4.69, 9.17) is 9.47 Å². The minimum atomic E-state index is 0.608. The average Bonchev–Trinajstić information content (AvgIpc) is 2.46. The van der Waals surface area contributed by atoms with Gasteiger partial charge in [0.2, 0.25) is 0 Å². The first kappa shape index (κ1) is 12.2. The molecule has 4 heteroatoms. The van der Waals surface area contributed by atoms with E-state index in [1.807, 2.05) is 0 Å². The molecule has 2 heterocycles. The highest BCUT2D eigenvalue weighted by molar-refractivity contribution is 7.98. The van der Waals surface area contributed by atoms with Crippen molar-refractivity contribution < 1.29 is 9.47 Å². The molecule has 1 aromatic carbocycles. The Morgan fingerprint density at radius 1 is 1.22 bits per heavy atom. The lowest BCUT2D eigenvalue weighted by Gasteiger charge is -2.27. The van der Waals surface area contributed by atoms with E-state index in [1.54, 1.807) is 11.8 Å². The summed E-state index contributed by atoms with van der Waals surface area (Å²) in [6.45, 7) is 3.54. The first-order valence-electron chi connectivity index (χ1n) is 6.56. The number of benzene rings is 1. The Kier molecular flexibility index (Phi) is 3.66. The van der Waals surface area contributed by atoms with Crippen LogP contribution in [0.5, 0.6) is 11.5 Å². The van der Waals surface area contributed by atoms with Crippen molar-refractivity contribution in [2.24, 2.45) is 0 Å². The van der Waals surface area contributed by atoms with Crippen molar-refractivity contribution in [2.45, 2.75) is 23.7 Å². The van der Waals surface area contributed by atoms with Gasteiger partial charge in [-0.3, -0.25) is 0 Å². The second-order valence-corrected chi connectivity index (χ2v) is 5.63. The van der Waals surface area contributed by atoms with Crippen molar-refractivity contribution in [3.05, 3.63) is 17.7 Å². The van der Waals surface area contributed by atoms with E-state index in [0.29, 0.717) is 19.1 Å². The van der Waals surface area contributed by atoms with Crippen molar-refractivity contribution in [3.8, 4) is 11.5 Å². The third-order valence-electron chi connectivity index (χ3n) is 3.63. The molecule has 0 spiro atoms. The van der Waals surface area contributed by atoms with Gasteiger partial charge in [-0.05, 0) is 49.3 Å². The van der Waals surface area contributed by atoms with Gasteiger partial charge in [-0.25, -0.2) is 0 Å². The van der Waals surface area contributed by atoms with Crippen molar-refractivity contribution in [2.75, 3.05) is 32.6 Å². The molecule has 0 amide bonds. The topological polar surface area (TPSA) is 30.5 Å². The number of rotatable bonds is 2. The maximum Gasteiger partial charge on any atom is 0.162 e. The molecule has 1 fully saturated rings. The number of ether oxygens (including phenoxy) is 2. The molecule has 0 aliphatic carbocycles. The third kappa shape index (κ3) is 2.31. The summed E-state index contributed by atoms with van der Waals surface area (Å²) in [6, 6.07) is 4.33. The third-order valence-corrected chi connectivity index (χ3v) is 4.42. The van der Waals surface area contributed by atoms with Gasteiger partial charge < -0.3 is 14.8 Å². The zero-order chi connectivity index (χ0) is 12.4. The first-order valence-corrected chi connectivity index (χ1v) is 7.79. The van der Waals surface area contributed by atoms with Crippen LogP contribution in [0.15, 0.2) is 17.0 Å². The van der Waals surface area contributed by atoms with Crippen LogP contribution in [0.3, 0.4) is 0 Å². The first-order chi connectivity index (χ1) is 8.88. The summed E-state index contributed by atoms with van der Waals surface area (Å²) < 4.78 is 11.4. The molecular formula is C14H19NO2S. The van der Waals surface area contributed by atoms with Gasteiger partial charge in [-0.2, -0.15) is 0 Å². The minimum absolute atomic E-state index is 0.608. The fraction of sp³-hybridized carbons (Fsp3) is 0.571. The van der Waals surface area contributed by atoms with E-state index in [2.05, 4.69) is 23.7 Å². The van der Waals surface area contributed by atoms with E-state index in [-0.39, 0.29) is 0 Å². The summed E-state index contributed by atoms with van der Waals surface area (Å²) in [5.74, 6) is 2.43. The molecular weight excluding hydrogens is 246 g/mol. The van der Waals surface area contributed by atoms with Crippen LogP contribution in [0.25, 0.3) is 0 Å². The summed E-state index contributed by atoms with van der Waals surface area (Å²) in [6.07, 6.45) is 4.65. The molecule has 0 radical (unpaired) electrons. The minimum Gasteiger partial charge on any atom is -0.486 e. The molecule has 1 aromatic rings. The molecule has 1 saturated heterocycles. The fourth-order valence-corrected chi connectivity index (χ4v) is 3.39. The number of fused-ring (bicyclic) bond motifs is 1. The Bertz CT molecular complexity index is 430. The van der Waals surface area contributed by atoms with Crippen LogP contribution in [0.2, 0.25) is 0 Å². The van der Waals surface area contributed by atoms with Crippen LogP contribution in [-0.4, -0.2) is 32.6 Å². The van der Waals surface area contributed by atoms with E-state index >= 15 is 0 Å². The lowest BCUT2D eigenvalue weighted by molar-refractivity contribution is 0.170. The van der Waals surface area contributed by atoms with Crippen molar-refractivity contribution in [3.63, 3.8) is 0 Å². The van der Waals surface area contributed by atoms with Crippen molar-refractivity contribution in [1.82, 2.24) is 5.32 Å². The van der Waals surface area contributed by atoms with E-state index < -0.39 is 0 Å². The van der Waals surface area contributed by atoms with Gasteiger partial charge in [0.1, 0.15) is 13.2 Å². The highest BCUT2D eigenvalue weighted by atomic mass is 32.2. The molecule has 18 heavy (non-hydrogen) atoms. The monoisotopic (exact) mass is 265 g/mol. The van der Waals surface area contributed by atoms with Gasteiger partial charge in [0, 0.05) is 11.4 Å². The molecule has 3 rings (SSSR count). The second-order valence-electron chi connectivity index (χ2n) is 4.78. The Labute approximate surface area is 112 Å². The maximum absolute atomic E-state index is 5.70. The van der Waals surface area contributed by atoms with Crippen LogP contribution < -0.4 is 14.8 Å². The van der Waals surface area contributed by atoms with Gasteiger partial charge >= 0.3 is 0 Å². The predicted octanol–water partition coefficient (Wildman–Crippen LogP) is 2.65. The van der Waals surface area contributed by atoms with Gasteiger partial charge in [-0.1, -0.05) is 0 Å².